The topological polar surface area (TPSA) is 76.6 Å². The smallest absolute Gasteiger partial charge is 0.349 e. The fourth-order valence-corrected chi connectivity index (χ4v) is 2.47. The van der Waals surface area contributed by atoms with Crippen molar-refractivity contribution in [2.45, 2.75) is 0 Å². The Balaban J connectivity index is 2.27. The van der Waals surface area contributed by atoms with Crippen molar-refractivity contribution in [2.24, 2.45) is 0 Å². The van der Waals surface area contributed by atoms with Crippen molar-refractivity contribution in [1.82, 2.24) is 9.38 Å². The SMILES string of the molecule is COCCOC(=O)/C(C#N)=C/c1c(Cl)nc2sccn12. The van der Waals surface area contributed by atoms with E-state index in [4.69, 9.17) is 26.3 Å². The number of hydrogen-bond donors (Lipinski definition) is 0. The van der Waals surface area contributed by atoms with Gasteiger partial charge in [0.2, 0.25) is 0 Å². The molecule has 0 atom stereocenters. The minimum Gasteiger partial charge on any atom is -0.459 e. The zero-order valence-electron chi connectivity index (χ0n) is 10.5. The largest absolute Gasteiger partial charge is 0.459 e. The average molecular weight is 312 g/mol. The molecule has 104 valence electrons. The lowest BCUT2D eigenvalue weighted by atomic mass is 10.2. The summed E-state index contributed by atoms with van der Waals surface area (Å²) in [4.78, 5) is 16.5. The lowest BCUT2D eigenvalue weighted by Crippen LogP contribution is -2.11. The number of esters is 1. The quantitative estimate of drug-likeness (QED) is 0.366. The van der Waals surface area contributed by atoms with Gasteiger partial charge in [-0.05, 0) is 6.08 Å². The fourth-order valence-electron chi connectivity index (χ4n) is 1.47. The highest BCUT2D eigenvalue weighted by molar-refractivity contribution is 7.15. The number of nitriles is 1. The summed E-state index contributed by atoms with van der Waals surface area (Å²) in [6.45, 7) is 0.356. The molecular formula is C12H10ClN3O3S. The molecule has 0 aliphatic heterocycles. The molecule has 0 saturated heterocycles. The molecule has 0 amide bonds. The Labute approximate surface area is 123 Å². The standard InChI is InChI=1S/C12H10ClN3O3S/c1-18-3-4-19-11(17)8(7-14)6-9-10(13)15-12-16(9)2-5-20-12/h2,5-6H,3-4H2,1H3/b8-6+. The van der Waals surface area contributed by atoms with E-state index >= 15 is 0 Å². The van der Waals surface area contributed by atoms with Gasteiger partial charge in [0.1, 0.15) is 18.2 Å². The van der Waals surface area contributed by atoms with E-state index in [0.717, 1.165) is 0 Å². The van der Waals surface area contributed by atoms with E-state index in [9.17, 15) is 4.79 Å². The third-order valence-electron chi connectivity index (χ3n) is 2.40. The second-order valence-corrected chi connectivity index (χ2v) is 4.87. The first kappa shape index (κ1) is 14.5. The van der Waals surface area contributed by atoms with Gasteiger partial charge in [0.25, 0.3) is 0 Å². The van der Waals surface area contributed by atoms with Crippen LogP contribution in [0.3, 0.4) is 0 Å². The van der Waals surface area contributed by atoms with Crippen LogP contribution in [0.5, 0.6) is 0 Å². The van der Waals surface area contributed by atoms with Gasteiger partial charge in [0.15, 0.2) is 10.1 Å². The van der Waals surface area contributed by atoms with Crippen molar-refractivity contribution in [3.05, 3.63) is 28.0 Å². The molecule has 0 saturated carbocycles. The summed E-state index contributed by atoms with van der Waals surface area (Å²) in [7, 11) is 1.49. The monoisotopic (exact) mass is 311 g/mol. The predicted molar refractivity (Wildman–Crippen MR) is 74.5 cm³/mol. The van der Waals surface area contributed by atoms with Crippen LogP contribution in [0, 0.1) is 11.3 Å². The minimum absolute atomic E-state index is 0.0857. The number of halogens is 1. The molecule has 0 unspecified atom stereocenters. The summed E-state index contributed by atoms with van der Waals surface area (Å²) in [5.74, 6) is -0.717. The molecule has 0 aliphatic carbocycles. The van der Waals surface area contributed by atoms with E-state index in [1.807, 2.05) is 5.38 Å². The predicted octanol–water partition coefficient (Wildman–Crippen LogP) is 2.15. The minimum atomic E-state index is -0.717. The second-order valence-electron chi connectivity index (χ2n) is 3.64. The van der Waals surface area contributed by atoms with E-state index < -0.39 is 5.97 Å². The number of imidazole rings is 1. The van der Waals surface area contributed by atoms with Gasteiger partial charge in [-0.2, -0.15) is 5.26 Å². The third-order valence-corrected chi connectivity index (χ3v) is 3.43. The third kappa shape index (κ3) is 2.99. The van der Waals surface area contributed by atoms with Crippen molar-refractivity contribution in [2.75, 3.05) is 20.3 Å². The summed E-state index contributed by atoms with van der Waals surface area (Å²) in [5.41, 5.74) is 0.333. The molecule has 6 nitrogen and oxygen atoms in total. The van der Waals surface area contributed by atoms with Gasteiger partial charge in [-0.1, -0.05) is 11.6 Å². The number of fused-ring (bicyclic) bond motifs is 1. The zero-order valence-corrected chi connectivity index (χ0v) is 12.1. The first-order chi connectivity index (χ1) is 9.67. The molecule has 0 fully saturated rings. The van der Waals surface area contributed by atoms with Crippen LogP contribution in [0.4, 0.5) is 0 Å². The van der Waals surface area contributed by atoms with Crippen LogP contribution >= 0.6 is 22.9 Å². The van der Waals surface area contributed by atoms with Crippen molar-refractivity contribution in [3.63, 3.8) is 0 Å². The molecule has 0 aliphatic rings. The van der Waals surface area contributed by atoms with Crippen molar-refractivity contribution in [3.8, 4) is 6.07 Å². The lowest BCUT2D eigenvalue weighted by Gasteiger charge is -2.02. The maximum atomic E-state index is 11.7. The number of hydrogen-bond acceptors (Lipinski definition) is 6. The zero-order chi connectivity index (χ0) is 14.5. The summed E-state index contributed by atoms with van der Waals surface area (Å²) >= 11 is 7.39. The molecule has 0 bridgehead atoms. The highest BCUT2D eigenvalue weighted by atomic mass is 35.5. The van der Waals surface area contributed by atoms with Gasteiger partial charge in [-0.3, -0.25) is 4.40 Å². The van der Waals surface area contributed by atoms with E-state index in [1.165, 1.54) is 24.5 Å². The van der Waals surface area contributed by atoms with Crippen LogP contribution in [-0.2, 0) is 14.3 Å². The summed E-state index contributed by atoms with van der Waals surface area (Å²) in [6.07, 6.45) is 3.13. The van der Waals surface area contributed by atoms with Crippen LogP contribution in [0.1, 0.15) is 5.69 Å². The number of rotatable bonds is 5. The van der Waals surface area contributed by atoms with E-state index in [-0.39, 0.29) is 23.9 Å². The van der Waals surface area contributed by atoms with Gasteiger partial charge in [-0.25, -0.2) is 9.78 Å². The molecule has 2 heterocycles. The number of carbonyl (C=O) groups excluding carboxylic acids is 1. The number of methoxy groups -OCH3 is 1. The van der Waals surface area contributed by atoms with Crippen LogP contribution in [0.2, 0.25) is 5.15 Å². The molecule has 2 aromatic heterocycles. The Morgan fingerprint density at radius 3 is 3.15 bits per heavy atom. The van der Waals surface area contributed by atoms with Crippen molar-refractivity contribution >= 4 is 39.9 Å². The van der Waals surface area contributed by atoms with E-state index in [2.05, 4.69) is 4.98 Å². The van der Waals surface area contributed by atoms with Gasteiger partial charge in [0.05, 0.1) is 12.3 Å². The number of ether oxygens (including phenoxy) is 2. The molecule has 8 heteroatoms. The summed E-state index contributed by atoms with van der Waals surface area (Å²) in [5, 5.41) is 11.1. The maximum Gasteiger partial charge on any atom is 0.349 e. The maximum absolute atomic E-state index is 11.7. The Morgan fingerprint density at radius 2 is 2.45 bits per heavy atom. The van der Waals surface area contributed by atoms with E-state index in [1.54, 1.807) is 16.7 Å². The normalized spacial score (nSPS) is 11.6. The van der Waals surface area contributed by atoms with Crippen LogP contribution in [0.25, 0.3) is 11.0 Å². The van der Waals surface area contributed by atoms with Gasteiger partial charge >= 0.3 is 5.97 Å². The van der Waals surface area contributed by atoms with Gasteiger partial charge in [0, 0.05) is 18.7 Å². The highest BCUT2D eigenvalue weighted by Gasteiger charge is 2.15. The Morgan fingerprint density at radius 1 is 1.65 bits per heavy atom. The summed E-state index contributed by atoms with van der Waals surface area (Å²) in [6, 6.07) is 1.80. The molecule has 0 spiro atoms. The number of aromatic nitrogens is 2. The molecule has 0 aromatic carbocycles. The molecule has 20 heavy (non-hydrogen) atoms. The number of thiazole rings is 1. The van der Waals surface area contributed by atoms with Crippen LogP contribution in [0.15, 0.2) is 17.2 Å². The number of nitrogens with zero attached hydrogens (tertiary/aromatic N) is 3. The summed E-state index contributed by atoms with van der Waals surface area (Å²) < 4.78 is 11.4. The Bertz CT molecular complexity index is 698. The first-order valence-electron chi connectivity index (χ1n) is 5.56. The van der Waals surface area contributed by atoms with Crippen molar-refractivity contribution < 1.29 is 14.3 Å². The van der Waals surface area contributed by atoms with Gasteiger partial charge in [-0.15, -0.1) is 11.3 Å². The fraction of sp³-hybridized carbons (Fsp3) is 0.250. The average Bonchev–Trinajstić information content (AvgIpc) is 2.98. The highest BCUT2D eigenvalue weighted by Crippen LogP contribution is 2.23. The second kappa shape index (κ2) is 6.52. The first-order valence-corrected chi connectivity index (χ1v) is 6.82. The Kier molecular flexibility index (Phi) is 4.74. The molecule has 2 rings (SSSR count). The van der Waals surface area contributed by atoms with Crippen LogP contribution < -0.4 is 0 Å². The van der Waals surface area contributed by atoms with Gasteiger partial charge < -0.3 is 9.47 Å². The van der Waals surface area contributed by atoms with E-state index in [0.29, 0.717) is 10.7 Å². The molecule has 0 N–H and O–H groups in total. The molecule has 0 radical (unpaired) electrons. The number of carbonyl (C=O) groups is 1. The molecular weight excluding hydrogens is 302 g/mol. The van der Waals surface area contributed by atoms with Crippen molar-refractivity contribution in [1.29, 1.82) is 5.26 Å². The lowest BCUT2D eigenvalue weighted by molar-refractivity contribution is -0.139. The Hall–Kier alpha value is -1.88. The van der Waals surface area contributed by atoms with Crippen LogP contribution in [-0.4, -0.2) is 35.7 Å². The molecule has 2 aromatic rings.